The molecule has 1 unspecified atom stereocenters. The van der Waals surface area contributed by atoms with Crippen molar-refractivity contribution >= 4 is 11.8 Å². The molecule has 1 fully saturated rings. The third kappa shape index (κ3) is 3.67. The molecule has 1 aromatic rings. The maximum atomic E-state index is 12.7. The van der Waals surface area contributed by atoms with Gasteiger partial charge in [-0.25, -0.2) is 0 Å². The summed E-state index contributed by atoms with van der Waals surface area (Å²) in [6, 6.07) is 9.84. The van der Waals surface area contributed by atoms with Crippen LogP contribution in [0, 0.1) is 5.92 Å². The molecule has 2 amide bonds. The van der Waals surface area contributed by atoms with E-state index in [-0.39, 0.29) is 11.8 Å². The zero-order chi connectivity index (χ0) is 16.2. The molecule has 1 saturated heterocycles. The summed E-state index contributed by atoms with van der Waals surface area (Å²) in [5.74, 6) is 0.394. The SMILES string of the molecule is CC(C)CN1C(=O)CCCC1(C)C(=O)NCc1ccccc1. The van der Waals surface area contributed by atoms with E-state index in [9.17, 15) is 9.59 Å². The number of nitrogens with zero attached hydrogens (tertiary/aromatic N) is 1. The van der Waals surface area contributed by atoms with Gasteiger partial charge in [0.25, 0.3) is 0 Å². The molecule has 120 valence electrons. The molecule has 0 spiro atoms. The van der Waals surface area contributed by atoms with Gasteiger partial charge in [-0.15, -0.1) is 0 Å². The Morgan fingerprint density at radius 1 is 1.32 bits per heavy atom. The van der Waals surface area contributed by atoms with E-state index in [2.05, 4.69) is 19.2 Å². The Hall–Kier alpha value is -1.84. The normalized spacial score (nSPS) is 22.0. The van der Waals surface area contributed by atoms with Gasteiger partial charge in [-0.2, -0.15) is 0 Å². The van der Waals surface area contributed by atoms with E-state index >= 15 is 0 Å². The molecule has 0 radical (unpaired) electrons. The van der Waals surface area contributed by atoms with Crippen molar-refractivity contribution in [3.05, 3.63) is 35.9 Å². The lowest BCUT2D eigenvalue weighted by Gasteiger charge is -2.44. The minimum Gasteiger partial charge on any atom is -0.350 e. The summed E-state index contributed by atoms with van der Waals surface area (Å²) in [6.07, 6.45) is 2.06. The highest BCUT2D eigenvalue weighted by Gasteiger charge is 2.44. The van der Waals surface area contributed by atoms with Crippen molar-refractivity contribution in [3.8, 4) is 0 Å². The minimum atomic E-state index is -0.728. The van der Waals surface area contributed by atoms with Crippen molar-refractivity contribution in [2.24, 2.45) is 5.92 Å². The number of piperidine rings is 1. The number of benzene rings is 1. The minimum absolute atomic E-state index is 0.0509. The molecule has 22 heavy (non-hydrogen) atoms. The van der Waals surface area contributed by atoms with Crippen LogP contribution in [0.2, 0.25) is 0 Å². The summed E-state index contributed by atoms with van der Waals surface area (Å²) in [5.41, 5.74) is 0.339. The highest BCUT2D eigenvalue weighted by atomic mass is 16.2. The van der Waals surface area contributed by atoms with Crippen LogP contribution in [0.3, 0.4) is 0 Å². The molecule has 1 heterocycles. The highest BCUT2D eigenvalue weighted by Crippen LogP contribution is 2.30. The number of rotatable bonds is 5. The maximum absolute atomic E-state index is 12.7. The first-order valence-electron chi connectivity index (χ1n) is 8.06. The zero-order valence-corrected chi connectivity index (χ0v) is 13.8. The molecule has 1 N–H and O–H groups in total. The Morgan fingerprint density at radius 3 is 2.64 bits per heavy atom. The van der Waals surface area contributed by atoms with Gasteiger partial charge in [0.15, 0.2) is 0 Å². The number of likely N-dealkylation sites (tertiary alicyclic amines) is 1. The molecule has 1 atom stereocenters. The first-order valence-corrected chi connectivity index (χ1v) is 8.06. The lowest BCUT2D eigenvalue weighted by atomic mass is 9.86. The average Bonchev–Trinajstić information content (AvgIpc) is 2.49. The van der Waals surface area contributed by atoms with Crippen molar-refractivity contribution in [2.45, 2.75) is 52.1 Å². The van der Waals surface area contributed by atoms with E-state index in [0.717, 1.165) is 18.4 Å². The summed E-state index contributed by atoms with van der Waals surface area (Å²) in [4.78, 5) is 26.8. The second-order valence-electron chi connectivity index (χ2n) is 6.69. The third-order valence-corrected chi connectivity index (χ3v) is 4.28. The van der Waals surface area contributed by atoms with Crippen molar-refractivity contribution in [2.75, 3.05) is 6.54 Å². The number of amides is 2. The number of carbonyl (C=O) groups excluding carboxylic acids is 2. The third-order valence-electron chi connectivity index (χ3n) is 4.28. The Bertz CT molecular complexity index is 527. The van der Waals surface area contributed by atoms with Crippen LogP contribution in [0.25, 0.3) is 0 Å². The molecule has 0 aromatic heterocycles. The van der Waals surface area contributed by atoms with E-state index in [1.54, 1.807) is 4.90 Å². The quantitative estimate of drug-likeness (QED) is 0.909. The fourth-order valence-corrected chi connectivity index (χ4v) is 3.00. The van der Waals surface area contributed by atoms with Gasteiger partial charge < -0.3 is 10.2 Å². The van der Waals surface area contributed by atoms with Crippen LogP contribution in [-0.2, 0) is 16.1 Å². The summed E-state index contributed by atoms with van der Waals surface area (Å²) in [7, 11) is 0. The number of nitrogens with one attached hydrogen (secondary N) is 1. The van der Waals surface area contributed by atoms with Crippen molar-refractivity contribution < 1.29 is 9.59 Å². The Balaban J connectivity index is 2.08. The molecule has 4 heteroatoms. The van der Waals surface area contributed by atoms with E-state index in [1.165, 1.54) is 0 Å². The molecule has 0 saturated carbocycles. The Kier molecular flexibility index (Phi) is 5.22. The van der Waals surface area contributed by atoms with E-state index in [1.807, 2.05) is 37.3 Å². The fourth-order valence-electron chi connectivity index (χ4n) is 3.00. The topological polar surface area (TPSA) is 49.4 Å². The predicted molar refractivity (Wildman–Crippen MR) is 87.1 cm³/mol. The number of hydrogen-bond acceptors (Lipinski definition) is 2. The van der Waals surface area contributed by atoms with Crippen LogP contribution in [0.1, 0.15) is 45.6 Å². The zero-order valence-electron chi connectivity index (χ0n) is 13.8. The first kappa shape index (κ1) is 16.5. The average molecular weight is 302 g/mol. The molecule has 1 aromatic carbocycles. The molecule has 1 aliphatic heterocycles. The summed E-state index contributed by atoms with van der Waals surface area (Å²) < 4.78 is 0. The van der Waals surface area contributed by atoms with Crippen LogP contribution in [0.4, 0.5) is 0 Å². The second-order valence-corrected chi connectivity index (χ2v) is 6.69. The first-order chi connectivity index (χ1) is 10.4. The number of hydrogen-bond donors (Lipinski definition) is 1. The van der Waals surface area contributed by atoms with Gasteiger partial charge in [0.05, 0.1) is 0 Å². The smallest absolute Gasteiger partial charge is 0.245 e. The monoisotopic (exact) mass is 302 g/mol. The molecule has 1 aliphatic rings. The predicted octanol–water partition coefficient (Wildman–Crippen LogP) is 2.73. The van der Waals surface area contributed by atoms with E-state index in [4.69, 9.17) is 0 Å². The Labute approximate surface area is 132 Å². The van der Waals surface area contributed by atoms with E-state index in [0.29, 0.717) is 25.4 Å². The molecule has 0 aliphatic carbocycles. The molecule has 2 rings (SSSR count). The maximum Gasteiger partial charge on any atom is 0.245 e. The summed E-state index contributed by atoms with van der Waals surface area (Å²) in [5, 5.41) is 3.00. The van der Waals surface area contributed by atoms with Gasteiger partial charge in [-0.05, 0) is 31.2 Å². The van der Waals surface area contributed by atoms with Crippen LogP contribution < -0.4 is 5.32 Å². The van der Waals surface area contributed by atoms with Gasteiger partial charge in [0.2, 0.25) is 11.8 Å². The van der Waals surface area contributed by atoms with Gasteiger partial charge in [-0.1, -0.05) is 44.2 Å². The van der Waals surface area contributed by atoms with Crippen LogP contribution >= 0.6 is 0 Å². The lowest BCUT2D eigenvalue weighted by molar-refractivity contribution is -0.152. The Morgan fingerprint density at radius 2 is 2.00 bits per heavy atom. The van der Waals surface area contributed by atoms with Crippen LogP contribution in [0.5, 0.6) is 0 Å². The molecule has 4 nitrogen and oxygen atoms in total. The standard InChI is InChI=1S/C18H26N2O2/c1-14(2)13-20-16(21)10-7-11-18(20,3)17(22)19-12-15-8-5-4-6-9-15/h4-6,8-9,14H,7,10-13H2,1-3H3,(H,19,22). The summed E-state index contributed by atoms with van der Waals surface area (Å²) >= 11 is 0. The highest BCUT2D eigenvalue weighted by molar-refractivity contribution is 5.92. The molecule has 0 bridgehead atoms. The van der Waals surface area contributed by atoms with Crippen LogP contribution in [0.15, 0.2) is 30.3 Å². The van der Waals surface area contributed by atoms with Gasteiger partial charge >= 0.3 is 0 Å². The molecular formula is C18H26N2O2. The van der Waals surface area contributed by atoms with Gasteiger partial charge in [-0.3, -0.25) is 9.59 Å². The second kappa shape index (κ2) is 6.95. The van der Waals surface area contributed by atoms with Crippen LogP contribution in [-0.4, -0.2) is 28.8 Å². The lowest BCUT2D eigenvalue weighted by Crippen LogP contribution is -2.61. The van der Waals surface area contributed by atoms with Gasteiger partial charge in [0, 0.05) is 19.5 Å². The van der Waals surface area contributed by atoms with Crippen molar-refractivity contribution in [1.82, 2.24) is 10.2 Å². The fraction of sp³-hybridized carbons (Fsp3) is 0.556. The summed E-state index contributed by atoms with van der Waals surface area (Å²) in [6.45, 7) is 7.17. The van der Waals surface area contributed by atoms with Gasteiger partial charge in [0.1, 0.15) is 5.54 Å². The largest absolute Gasteiger partial charge is 0.350 e. The van der Waals surface area contributed by atoms with Crippen molar-refractivity contribution in [1.29, 1.82) is 0 Å². The number of carbonyl (C=O) groups is 2. The molecular weight excluding hydrogens is 276 g/mol. The van der Waals surface area contributed by atoms with Crippen molar-refractivity contribution in [3.63, 3.8) is 0 Å². The van der Waals surface area contributed by atoms with E-state index < -0.39 is 5.54 Å².